The van der Waals surface area contributed by atoms with Crippen LogP contribution in [-0.4, -0.2) is 74.6 Å². The van der Waals surface area contributed by atoms with E-state index in [9.17, 15) is 29.4 Å². The number of benzene rings is 1. The van der Waals surface area contributed by atoms with E-state index in [0.29, 0.717) is 28.4 Å². The molecule has 1 aliphatic heterocycles. The molecule has 1 aromatic heterocycles. The Bertz CT molecular complexity index is 1350. The van der Waals surface area contributed by atoms with E-state index in [1.807, 2.05) is 33.9 Å². The van der Waals surface area contributed by atoms with E-state index in [-0.39, 0.29) is 34.6 Å². The molecule has 228 valence electrons. The number of anilines is 1. The molecule has 3 rings (SSSR count). The number of aromatic nitrogens is 1. The molecule has 0 spiro atoms. The number of methoxy groups -OCH3 is 3. The average molecular weight is 603 g/mol. The number of imide groups is 1. The quantitative estimate of drug-likeness (QED) is 0.231. The summed E-state index contributed by atoms with van der Waals surface area (Å²) in [5.74, 6) is 0.392. The van der Waals surface area contributed by atoms with Gasteiger partial charge in [-0.2, -0.15) is 4.90 Å². The Morgan fingerprint density at radius 1 is 1.05 bits per heavy atom. The van der Waals surface area contributed by atoms with Gasteiger partial charge in [0, 0.05) is 18.3 Å². The number of nitrogens with zero attached hydrogens (tertiary/aromatic N) is 2. The van der Waals surface area contributed by atoms with Crippen molar-refractivity contribution in [3.63, 3.8) is 0 Å². The summed E-state index contributed by atoms with van der Waals surface area (Å²) in [6.07, 6.45) is -2.06. The van der Waals surface area contributed by atoms with Crippen molar-refractivity contribution in [2.45, 2.75) is 62.9 Å². The number of ether oxygens (including phenoxy) is 3. The van der Waals surface area contributed by atoms with Crippen LogP contribution in [0, 0.1) is 0 Å². The van der Waals surface area contributed by atoms with Crippen molar-refractivity contribution in [1.29, 1.82) is 0 Å². The smallest absolute Gasteiger partial charge is 0.422 e. The van der Waals surface area contributed by atoms with Gasteiger partial charge in [-0.25, -0.2) is 14.6 Å². The number of pyridine rings is 1. The van der Waals surface area contributed by atoms with Crippen molar-refractivity contribution in [2.75, 3.05) is 26.2 Å². The van der Waals surface area contributed by atoms with Gasteiger partial charge in [-0.05, 0) is 29.2 Å². The number of carboxylic acid groups (broad SMARTS) is 2. The maximum Gasteiger partial charge on any atom is 0.422 e. The Balaban J connectivity index is 2.03. The molecule has 2 aromatic rings. The largest absolute Gasteiger partial charge is 0.496 e. The van der Waals surface area contributed by atoms with Gasteiger partial charge in [-0.3, -0.25) is 9.59 Å². The van der Waals surface area contributed by atoms with Crippen LogP contribution in [-0.2, 0) is 22.6 Å². The highest BCUT2D eigenvalue weighted by atomic mass is 28.3. The average Bonchev–Trinajstić information content (AvgIpc) is 2.91. The lowest BCUT2D eigenvalue weighted by molar-refractivity contribution is -0.142. The molecule has 0 unspecified atom stereocenters. The molecule has 2 heterocycles. The normalized spacial score (nSPS) is 18.3. The molecule has 2 atom stereocenters. The van der Waals surface area contributed by atoms with Crippen LogP contribution in [0.4, 0.5) is 15.4 Å². The van der Waals surface area contributed by atoms with Gasteiger partial charge in [0.1, 0.15) is 29.1 Å². The van der Waals surface area contributed by atoms with Gasteiger partial charge in [0.25, 0.3) is 0 Å². The molecule has 0 radical (unpaired) electrons. The predicted molar refractivity (Wildman–Crippen MR) is 156 cm³/mol. The first-order valence-electron chi connectivity index (χ1n) is 13.1. The Hall–Kier alpha value is -4.33. The molecule has 4 amide bonds. The molecule has 1 fully saturated rings. The Morgan fingerprint density at radius 3 is 2.07 bits per heavy atom. The SMILES string of the molecule is COc1cc(OC)c(CNC(=O)[C@@H]2NC(=O)[C@]2(Cc2ccnc(N(C(=O)O)C(=O)O)c2)[Si](C)(C)C(C)(C)C)c(OC)c1. The van der Waals surface area contributed by atoms with Gasteiger partial charge in [-0.15, -0.1) is 0 Å². The van der Waals surface area contributed by atoms with E-state index in [0.717, 1.165) is 0 Å². The molecule has 13 nitrogen and oxygen atoms in total. The summed E-state index contributed by atoms with van der Waals surface area (Å²) in [4.78, 5) is 54.6. The fourth-order valence-electron chi connectivity index (χ4n) is 5.27. The highest BCUT2D eigenvalue weighted by Gasteiger charge is 2.69. The molecule has 0 aliphatic carbocycles. The van der Waals surface area contributed by atoms with E-state index in [4.69, 9.17) is 14.2 Å². The molecule has 0 bridgehead atoms. The van der Waals surface area contributed by atoms with Crippen molar-refractivity contribution in [3.8, 4) is 17.2 Å². The Morgan fingerprint density at radius 2 is 1.62 bits per heavy atom. The number of carbonyl (C=O) groups excluding carboxylic acids is 2. The van der Waals surface area contributed by atoms with Gasteiger partial charge in [0.2, 0.25) is 11.8 Å². The molecule has 0 saturated carbocycles. The summed E-state index contributed by atoms with van der Waals surface area (Å²) in [5.41, 5.74) is 1.06. The first-order valence-corrected chi connectivity index (χ1v) is 16.1. The van der Waals surface area contributed by atoms with Crippen molar-refractivity contribution in [3.05, 3.63) is 41.6 Å². The summed E-state index contributed by atoms with van der Waals surface area (Å²) in [6.45, 7) is 10.2. The lowest BCUT2D eigenvalue weighted by Gasteiger charge is -2.59. The lowest BCUT2D eigenvalue weighted by atomic mass is 9.82. The Labute approximate surface area is 245 Å². The van der Waals surface area contributed by atoms with Crippen LogP contribution in [0.2, 0.25) is 23.2 Å². The highest BCUT2D eigenvalue weighted by molar-refractivity contribution is 6.87. The minimum absolute atomic E-state index is 0.0424. The van der Waals surface area contributed by atoms with Gasteiger partial charge in [0.05, 0.1) is 46.5 Å². The second kappa shape index (κ2) is 11.9. The van der Waals surface area contributed by atoms with Crippen LogP contribution in [0.5, 0.6) is 17.2 Å². The van der Waals surface area contributed by atoms with Crippen LogP contribution in [0.15, 0.2) is 30.5 Å². The highest BCUT2D eigenvalue weighted by Crippen LogP contribution is 2.59. The molecule has 14 heteroatoms. The van der Waals surface area contributed by atoms with Crippen LogP contribution >= 0.6 is 0 Å². The standard InChI is InChI=1S/C28H38N4O9Si/c1-27(2,3)42(7,8)28(14-16-9-10-29-21(11-16)32(25(35)36)26(37)38)22(31-24(28)34)23(33)30-15-18-19(40-5)12-17(39-4)13-20(18)41-6/h9-13,22H,14-15H2,1-8H3,(H,30,33)(H,31,34)(H,35,36)(H,37,38)/t22-,28+/m0/s1. The zero-order chi connectivity index (χ0) is 31.6. The third-order valence-electron chi connectivity index (χ3n) is 8.59. The van der Waals surface area contributed by atoms with Crippen molar-refractivity contribution < 1.29 is 43.6 Å². The number of carbonyl (C=O) groups is 4. The topological polar surface area (TPSA) is 177 Å². The second-order valence-corrected chi connectivity index (χ2v) is 17.2. The fraction of sp³-hybridized carbons (Fsp3) is 0.464. The monoisotopic (exact) mass is 602 g/mol. The third-order valence-corrected chi connectivity index (χ3v) is 15.3. The summed E-state index contributed by atoms with van der Waals surface area (Å²) in [6, 6.07) is 5.35. The number of hydrogen-bond acceptors (Lipinski definition) is 8. The van der Waals surface area contributed by atoms with Crippen LogP contribution in [0.3, 0.4) is 0 Å². The third kappa shape index (κ3) is 5.58. The van der Waals surface area contributed by atoms with E-state index >= 15 is 0 Å². The number of β-lactam (4-membered cyclic amide) rings is 1. The van der Waals surface area contributed by atoms with Crippen molar-refractivity contribution in [2.24, 2.45) is 0 Å². The second-order valence-electron chi connectivity index (χ2n) is 11.6. The minimum Gasteiger partial charge on any atom is -0.496 e. The number of hydrogen-bond donors (Lipinski definition) is 4. The van der Waals surface area contributed by atoms with Crippen molar-refractivity contribution >= 4 is 37.9 Å². The van der Waals surface area contributed by atoms with E-state index in [1.165, 1.54) is 33.6 Å². The molecule has 1 saturated heterocycles. The molecular formula is C28H38N4O9Si. The van der Waals surface area contributed by atoms with Crippen LogP contribution in [0.1, 0.15) is 31.9 Å². The lowest BCUT2D eigenvalue weighted by Crippen LogP contribution is -2.77. The maximum atomic E-state index is 13.8. The minimum atomic E-state index is -2.69. The number of nitrogens with one attached hydrogen (secondary N) is 2. The Kier molecular flexibility index (Phi) is 9.10. The summed E-state index contributed by atoms with van der Waals surface area (Å²) in [5, 5.41) is 23.0. The van der Waals surface area contributed by atoms with Gasteiger partial charge >= 0.3 is 12.2 Å². The van der Waals surface area contributed by atoms with Gasteiger partial charge < -0.3 is 35.1 Å². The fourth-order valence-corrected chi connectivity index (χ4v) is 8.81. The summed E-state index contributed by atoms with van der Waals surface area (Å²) >= 11 is 0. The molecule has 1 aliphatic rings. The van der Waals surface area contributed by atoms with Crippen molar-refractivity contribution in [1.82, 2.24) is 15.6 Å². The molecular weight excluding hydrogens is 564 g/mol. The number of rotatable bonds is 10. The van der Waals surface area contributed by atoms with Crippen LogP contribution in [0.25, 0.3) is 0 Å². The van der Waals surface area contributed by atoms with Gasteiger partial charge in [0.15, 0.2) is 0 Å². The summed E-state index contributed by atoms with van der Waals surface area (Å²) in [7, 11) is 1.81. The number of amides is 4. The summed E-state index contributed by atoms with van der Waals surface area (Å²) < 4.78 is 16.3. The predicted octanol–water partition coefficient (Wildman–Crippen LogP) is 3.88. The van der Waals surface area contributed by atoms with E-state index < -0.39 is 37.2 Å². The van der Waals surface area contributed by atoms with Gasteiger partial charge in [-0.1, -0.05) is 33.9 Å². The zero-order valence-corrected chi connectivity index (χ0v) is 26.0. The molecule has 1 aromatic carbocycles. The van der Waals surface area contributed by atoms with E-state index in [1.54, 1.807) is 18.2 Å². The molecule has 4 N–H and O–H groups in total. The maximum absolute atomic E-state index is 13.8. The van der Waals surface area contributed by atoms with Crippen LogP contribution < -0.4 is 29.7 Å². The molecule has 42 heavy (non-hydrogen) atoms. The zero-order valence-electron chi connectivity index (χ0n) is 25.0. The first-order chi connectivity index (χ1) is 19.5. The van der Waals surface area contributed by atoms with E-state index in [2.05, 4.69) is 15.6 Å². The first kappa shape index (κ1) is 32.2.